The summed E-state index contributed by atoms with van der Waals surface area (Å²) in [4.78, 5) is 0. The highest BCUT2D eigenvalue weighted by Gasteiger charge is 2.26. The summed E-state index contributed by atoms with van der Waals surface area (Å²) in [6, 6.07) is 9.68. The minimum atomic E-state index is 0.408. The molecule has 3 heteroatoms. The van der Waals surface area contributed by atoms with E-state index in [2.05, 4.69) is 24.4 Å². The van der Waals surface area contributed by atoms with Crippen molar-refractivity contribution in [3.63, 3.8) is 0 Å². The molecule has 1 aliphatic carbocycles. The molecule has 3 nitrogen and oxygen atoms in total. The van der Waals surface area contributed by atoms with E-state index < -0.39 is 0 Å². The van der Waals surface area contributed by atoms with Gasteiger partial charge in [0, 0.05) is 18.1 Å². The zero-order valence-corrected chi connectivity index (χ0v) is 10.6. The first-order chi connectivity index (χ1) is 8.19. The van der Waals surface area contributed by atoms with Crippen molar-refractivity contribution in [3.05, 3.63) is 29.8 Å². The second kappa shape index (κ2) is 5.52. The van der Waals surface area contributed by atoms with Crippen LogP contribution in [0.4, 0.5) is 0 Å². The largest absolute Gasteiger partial charge is 0.496 e. The molecule has 1 aliphatic rings. The molecule has 1 unspecified atom stereocenters. The third kappa shape index (κ3) is 3.20. The molecule has 0 radical (unpaired) electrons. The van der Waals surface area contributed by atoms with Gasteiger partial charge in [-0.05, 0) is 37.8 Å². The van der Waals surface area contributed by atoms with Crippen LogP contribution >= 0.6 is 0 Å². The molecule has 94 valence electrons. The van der Waals surface area contributed by atoms with Crippen LogP contribution in [-0.4, -0.2) is 25.2 Å². The summed E-state index contributed by atoms with van der Waals surface area (Å²) in [7, 11) is 1.72. The third-order valence-electron chi connectivity index (χ3n) is 3.41. The second-order valence-electron chi connectivity index (χ2n) is 5.01. The molecule has 0 amide bonds. The SMILES string of the molecule is COc1ccccc1CC(C)NC1CC(N)C1. The highest BCUT2D eigenvalue weighted by Crippen LogP contribution is 2.21. The first-order valence-electron chi connectivity index (χ1n) is 6.32. The predicted octanol–water partition coefficient (Wildman–Crippen LogP) is 1.71. The van der Waals surface area contributed by atoms with Gasteiger partial charge in [-0.25, -0.2) is 0 Å². The Morgan fingerprint density at radius 1 is 1.41 bits per heavy atom. The molecule has 0 spiro atoms. The van der Waals surface area contributed by atoms with Crippen LogP contribution in [0.2, 0.25) is 0 Å². The van der Waals surface area contributed by atoms with Gasteiger partial charge >= 0.3 is 0 Å². The molecule has 1 saturated carbocycles. The van der Waals surface area contributed by atoms with Crippen molar-refractivity contribution in [2.24, 2.45) is 5.73 Å². The molecule has 0 saturated heterocycles. The van der Waals surface area contributed by atoms with Crippen molar-refractivity contribution in [3.8, 4) is 5.75 Å². The Morgan fingerprint density at radius 2 is 2.12 bits per heavy atom. The molecular weight excluding hydrogens is 212 g/mol. The first-order valence-corrected chi connectivity index (χ1v) is 6.32. The summed E-state index contributed by atoms with van der Waals surface area (Å²) < 4.78 is 5.36. The zero-order chi connectivity index (χ0) is 12.3. The lowest BCUT2D eigenvalue weighted by Gasteiger charge is -2.35. The highest BCUT2D eigenvalue weighted by atomic mass is 16.5. The number of methoxy groups -OCH3 is 1. The minimum absolute atomic E-state index is 0.408. The van der Waals surface area contributed by atoms with Crippen molar-refractivity contribution in [2.45, 2.75) is 44.3 Å². The van der Waals surface area contributed by atoms with Crippen LogP contribution in [0.3, 0.4) is 0 Å². The van der Waals surface area contributed by atoms with E-state index in [1.165, 1.54) is 5.56 Å². The fourth-order valence-corrected chi connectivity index (χ4v) is 2.46. The zero-order valence-electron chi connectivity index (χ0n) is 10.6. The summed E-state index contributed by atoms with van der Waals surface area (Å²) in [5.41, 5.74) is 7.05. The van der Waals surface area contributed by atoms with E-state index >= 15 is 0 Å². The molecular formula is C14H22N2O. The first kappa shape index (κ1) is 12.4. The van der Waals surface area contributed by atoms with Crippen LogP contribution in [0.25, 0.3) is 0 Å². The summed E-state index contributed by atoms with van der Waals surface area (Å²) in [5, 5.41) is 3.61. The Balaban J connectivity index is 1.86. The normalized spacial score (nSPS) is 25.1. The van der Waals surface area contributed by atoms with E-state index in [0.717, 1.165) is 25.0 Å². The standard InChI is InChI=1S/C14H22N2O/c1-10(16-13-8-12(15)9-13)7-11-5-3-4-6-14(11)17-2/h3-6,10,12-13,16H,7-9,15H2,1-2H3. The van der Waals surface area contributed by atoms with Gasteiger partial charge < -0.3 is 15.8 Å². The smallest absolute Gasteiger partial charge is 0.122 e. The maximum Gasteiger partial charge on any atom is 0.122 e. The van der Waals surface area contributed by atoms with Gasteiger partial charge in [0.25, 0.3) is 0 Å². The lowest BCUT2D eigenvalue weighted by Crippen LogP contribution is -2.51. The Bertz CT molecular complexity index is 361. The molecule has 17 heavy (non-hydrogen) atoms. The summed E-state index contributed by atoms with van der Waals surface area (Å²) in [6.45, 7) is 2.22. The maximum absolute atomic E-state index is 5.78. The Kier molecular flexibility index (Phi) is 4.02. The molecule has 1 fully saturated rings. The molecule has 0 bridgehead atoms. The van der Waals surface area contributed by atoms with Crippen LogP contribution in [0.1, 0.15) is 25.3 Å². The lowest BCUT2D eigenvalue weighted by atomic mass is 9.87. The fourth-order valence-electron chi connectivity index (χ4n) is 2.46. The van der Waals surface area contributed by atoms with Gasteiger partial charge in [-0.3, -0.25) is 0 Å². The van der Waals surface area contributed by atoms with Crippen molar-refractivity contribution in [1.29, 1.82) is 0 Å². The number of rotatable bonds is 5. The van der Waals surface area contributed by atoms with Gasteiger partial charge in [0.1, 0.15) is 5.75 Å². The summed E-state index contributed by atoms with van der Waals surface area (Å²) in [5.74, 6) is 0.978. The maximum atomic E-state index is 5.78. The third-order valence-corrected chi connectivity index (χ3v) is 3.41. The molecule has 0 aromatic heterocycles. The van der Waals surface area contributed by atoms with Gasteiger partial charge in [-0.2, -0.15) is 0 Å². The van der Waals surface area contributed by atoms with Gasteiger partial charge in [0.05, 0.1) is 7.11 Å². The second-order valence-corrected chi connectivity index (χ2v) is 5.01. The highest BCUT2D eigenvalue weighted by molar-refractivity contribution is 5.33. The number of nitrogens with one attached hydrogen (secondary N) is 1. The van der Waals surface area contributed by atoms with Gasteiger partial charge in [0.2, 0.25) is 0 Å². The van der Waals surface area contributed by atoms with Crippen LogP contribution in [0, 0.1) is 0 Å². The molecule has 2 rings (SSSR count). The monoisotopic (exact) mass is 234 g/mol. The van der Waals surface area contributed by atoms with Crippen molar-refractivity contribution >= 4 is 0 Å². The van der Waals surface area contributed by atoms with Gasteiger partial charge in [-0.1, -0.05) is 18.2 Å². The van der Waals surface area contributed by atoms with Crippen LogP contribution in [0.5, 0.6) is 5.75 Å². The Morgan fingerprint density at radius 3 is 2.76 bits per heavy atom. The molecule has 1 aromatic carbocycles. The minimum Gasteiger partial charge on any atom is -0.496 e. The van der Waals surface area contributed by atoms with Crippen molar-refractivity contribution < 1.29 is 4.74 Å². The average Bonchev–Trinajstić information content (AvgIpc) is 2.27. The van der Waals surface area contributed by atoms with Gasteiger partial charge in [-0.15, -0.1) is 0 Å². The molecule has 3 N–H and O–H groups in total. The van der Waals surface area contributed by atoms with E-state index in [9.17, 15) is 0 Å². The molecule has 1 atom stereocenters. The van der Waals surface area contributed by atoms with E-state index in [1.807, 2.05) is 12.1 Å². The quantitative estimate of drug-likeness (QED) is 0.815. The van der Waals surface area contributed by atoms with E-state index in [-0.39, 0.29) is 0 Å². The summed E-state index contributed by atoms with van der Waals surface area (Å²) in [6.07, 6.45) is 3.21. The summed E-state index contributed by atoms with van der Waals surface area (Å²) >= 11 is 0. The number of hydrogen-bond acceptors (Lipinski definition) is 3. The predicted molar refractivity (Wildman–Crippen MR) is 70.3 cm³/mol. The molecule has 1 aromatic rings. The number of ether oxygens (including phenoxy) is 1. The number of para-hydroxylation sites is 1. The number of benzene rings is 1. The van der Waals surface area contributed by atoms with Crippen LogP contribution in [0.15, 0.2) is 24.3 Å². The van der Waals surface area contributed by atoms with Crippen molar-refractivity contribution in [2.75, 3.05) is 7.11 Å². The van der Waals surface area contributed by atoms with Crippen molar-refractivity contribution in [1.82, 2.24) is 5.32 Å². The van der Waals surface area contributed by atoms with Gasteiger partial charge in [0.15, 0.2) is 0 Å². The molecule has 0 aliphatic heterocycles. The Hall–Kier alpha value is -1.06. The fraction of sp³-hybridized carbons (Fsp3) is 0.571. The lowest BCUT2D eigenvalue weighted by molar-refractivity contribution is 0.269. The van der Waals surface area contributed by atoms with Crippen LogP contribution < -0.4 is 15.8 Å². The number of nitrogens with two attached hydrogens (primary N) is 1. The average molecular weight is 234 g/mol. The van der Waals surface area contributed by atoms with E-state index in [0.29, 0.717) is 18.1 Å². The molecule has 0 heterocycles. The topological polar surface area (TPSA) is 47.3 Å². The number of hydrogen-bond donors (Lipinski definition) is 2. The van der Waals surface area contributed by atoms with E-state index in [1.54, 1.807) is 7.11 Å². The van der Waals surface area contributed by atoms with E-state index in [4.69, 9.17) is 10.5 Å². The Labute approximate surface area is 103 Å². The van der Waals surface area contributed by atoms with Crippen LogP contribution in [-0.2, 0) is 6.42 Å².